The van der Waals surface area contributed by atoms with Crippen LogP contribution in [0.5, 0.6) is 0 Å². The van der Waals surface area contributed by atoms with Crippen molar-refractivity contribution in [2.24, 2.45) is 0 Å². The molecule has 2 atom stereocenters. The molecule has 0 aliphatic carbocycles. The number of ether oxygens (including phenoxy) is 1. The van der Waals surface area contributed by atoms with Crippen LogP contribution in [-0.2, 0) is 27.2 Å². The first-order valence-electron chi connectivity index (χ1n) is 13.1. The van der Waals surface area contributed by atoms with E-state index in [0.717, 1.165) is 10.9 Å². The van der Waals surface area contributed by atoms with E-state index in [1.807, 2.05) is 6.92 Å². The van der Waals surface area contributed by atoms with Crippen molar-refractivity contribution in [3.63, 3.8) is 0 Å². The van der Waals surface area contributed by atoms with Crippen LogP contribution in [0.15, 0.2) is 53.3 Å². The van der Waals surface area contributed by atoms with Gasteiger partial charge in [0.2, 0.25) is 5.91 Å². The first kappa shape index (κ1) is 28.7. The van der Waals surface area contributed by atoms with Crippen LogP contribution in [0, 0.1) is 5.82 Å². The van der Waals surface area contributed by atoms with Crippen molar-refractivity contribution in [2.45, 2.75) is 44.8 Å². The minimum atomic E-state index is -0.897. The molecule has 1 fully saturated rings. The summed E-state index contributed by atoms with van der Waals surface area (Å²) in [7, 11) is 0. The fraction of sp³-hybridized carbons (Fsp3) is 0.310. The molecule has 41 heavy (non-hydrogen) atoms. The number of carboxylic acid groups (broad SMARTS) is 1. The number of fused-ring (bicyclic) bond motifs is 1. The summed E-state index contributed by atoms with van der Waals surface area (Å²) in [6, 6.07) is 9.03. The lowest BCUT2D eigenvalue weighted by molar-refractivity contribution is -0.137. The van der Waals surface area contributed by atoms with Gasteiger partial charge in [-0.1, -0.05) is 29.8 Å². The molecule has 9 nitrogen and oxygen atoms in total. The topological polar surface area (TPSA) is 122 Å². The molecule has 2 N–H and O–H groups in total. The minimum absolute atomic E-state index is 0.0149. The van der Waals surface area contributed by atoms with E-state index >= 15 is 4.39 Å². The molecule has 214 valence electrons. The van der Waals surface area contributed by atoms with E-state index in [4.69, 9.17) is 25.9 Å². The Morgan fingerprint density at radius 1 is 1.29 bits per heavy atom. The highest BCUT2D eigenvalue weighted by Crippen LogP contribution is 2.38. The zero-order valence-electron chi connectivity index (χ0n) is 22.1. The summed E-state index contributed by atoms with van der Waals surface area (Å²) in [6.07, 6.45) is 3.34. The van der Waals surface area contributed by atoms with Crippen molar-refractivity contribution < 1.29 is 33.0 Å². The van der Waals surface area contributed by atoms with Gasteiger partial charge in [0, 0.05) is 29.6 Å². The lowest BCUT2D eigenvalue weighted by Crippen LogP contribution is -2.35. The van der Waals surface area contributed by atoms with Crippen molar-refractivity contribution in [2.75, 3.05) is 18.5 Å². The van der Waals surface area contributed by atoms with Crippen LogP contribution < -0.4 is 5.32 Å². The molecule has 12 heteroatoms. The van der Waals surface area contributed by atoms with Crippen LogP contribution >= 0.6 is 22.9 Å². The van der Waals surface area contributed by atoms with Crippen LogP contribution in [-0.4, -0.2) is 52.0 Å². The number of rotatable bonds is 10. The van der Waals surface area contributed by atoms with Gasteiger partial charge in [-0.3, -0.25) is 14.4 Å². The van der Waals surface area contributed by atoms with Crippen LogP contribution in [0.25, 0.3) is 11.0 Å². The van der Waals surface area contributed by atoms with Crippen LogP contribution in [0.4, 0.5) is 10.1 Å². The maximum atomic E-state index is 15.2. The SMILES string of the molecule is CCO[C@H]1CCN(C(=O)Cc2cc(Cl)c(NC(=O)c3coc4ccccc34)cc2F)[C@@H]1c1ncc(CCC(=O)O)s1. The fourth-order valence-electron chi connectivity index (χ4n) is 4.96. The third-order valence-electron chi connectivity index (χ3n) is 6.90. The molecule has 2 amide bonds. The van der Waals surface area contributed by atoms with Gasteiger partial charge in [0.1, 0.15) is 28.7 Å². The maximum Gasteiger partial charge on any atom is 0.303 e. The second-order valence-corrected chi connectivity index (χ2v) is 11.1. The number of para-hydroxylation sites is 1. The Morgan fingerprint density at radius 3 is 2.88 bits per heavy atom. The van der Waals surface area contributed by atoms with Gasteiger partial charge in [-0.25, -0.2) is 9.37 Å². The van der Waals surface area contributed by atoms with Crippen molar-refractivity contribution in [3.8, 4) is 0 Å². The summed E-state index contributed by atoms with van der Waals surface area (Å²) in [4.78, 5) is 44.2. The first-order valence-corrected chi connectivity index (χ1v) is 14.3. The zero-order valence-corrected chi connectivity index (χ0v) is 23.6. The third-order valence-corrected chi connectivity index (χ3v) is 8.35. The number of anilines is 1. The Balaban J connectivity index is 1.31. The summed E-state index contributed by atoms with van der Waals surface area (Å²) >= 11 is 7.76. The minimum Gasteiger partial charge on any atom is -0.481 e. The molecule has 1 aliphatic rings. The number of carbonyl (C=O) groups excluding carboxylic acids is 2. The predicted molar refractivity (Wildman–Crippen MR) is 152 cm³/mol. The van der Waals surface area contributed by atoms with Gasteiger partial charge in [-0.2, -0.15) is 0 Å². The quantitative estimate of drug-likeness (QED) is 0.234. The molecule has 1 aliphatic heterocycles. The maximum absolute atomic E-state index is 15.2. The van der Waals surface area contributed by atoms with E-state index < -0.39 is 23.7 Å². The molecule has 5 rings (SSSR count). The average molecular weight is 600 g/mol. The van der Waals surface area contributed by atoms with Crippen LogP contribution in [0.1, 0.15) is 51.6 Å². The molecule has 2 aromatic heterocycles. The molecule has 0 saturated carbocycles. The van der Waals surface area contributed by atoms with Crippen molar-refractivity contribution >= 4 is 57.4 Å². The number of hydrogen-bond donors (Lipinski definition) is 2. The Labute approximate surface area is 243 Å². The average Bonchev–Trinajstić information content (AvgIpc) is 3.68. The zero-order chi connectivity index (χ0) is 29.1. The second-order valence-electron chi connectivity index (χ2n) is 9.57. The third kappa shape index (κ3) is 6.27. The van der Waals surface area contributed by atoms with E-state index in [2.05, 4.69) is 10.3 Å². The molecule has 0 unspecified atom stereocenters. The number of furan rings is 1. The Bertz CT molecular complexity index is 1600. The van der Waals surface area contributed by atoms with Gasteiger partial charge < -0.3 is 24.5 Å². The number of likely N-dealkylation sites (tertiary alicyclic amines) is 1. The number of benzene rings is 2. The number of carboxylic acids is 1. The Hall–Kier alpha value is -3.80. The van der Waals surface area contributed by atoms with E-state index in [1.54, 1.807) is 35.4 Å². The molecule has 1 saturated heterocycles. The number of aliphatic carboxylic acids is 1. The molecular formula is C29H27ClFN3O6S. The molecule has 0 spiro atoms. The smallest absolute Gasteiger partial charge is 0.303 e. The van der Waals surface area contributed by atoms with Crippen molar-refractivity contribution in [1.82, 2.24) is 9.88 Å². The summed E-state index contributed by atoms with van der Waals surface area (Å²) in [5, 5.41) is 13.0. The highest BCUT2D eigenvalue weighted by Gasteiger charge is 2.40. The van der Waals surface area contributed by atoms with Gasteiger partial charge in [-0.05, 0) is 43.5 Å². The van der Waals surface area contributed by atoms with E-state index in [9.17, 15) is 14.4 Å². The number of nitrogens with zero attached hydrogens (tertiary/aromatic N) is 2. The standard InChI is InChI=1S/C29H27ClFN3O6S/c1-2-39-24-9-10-34(27(24)29-32-14-17(41-29)7-8-26(36)37)25(35)12-16-11-20(30)22(13-21(16)31)33-28(38)19-15-40-23-6-4-3-5-18(19)23/h3-6,11,13-15,24,27H,2,7-10,12H2,1H3,(H,33,38)(H,36,37)/t24-,27-/m0/s1. The van der Waals surface area contributed by atoms with Crippen molar-refractivity contribution in [1.29, 1.82) is 0 Å². The summed E-state index contributed by atoms with van der Waals surface area (Å²) < 4.78 is 26.5. The van der Waals surface area contributed by atoms with Crippen molar-refractivity contribution in [3.05, 3.63) is 80.7 Å². The van der Waals surface area contributed by atoms with E-state index in [0.29, 0.717) is 42.0 Å². The predicted octanol–water partition coefficient (Wildman–Crippen LogP) is 5.87. The lowest BCUT2D eigenvalue weighted by atomic mass is 10.1. The number of hydrogen-bond acceptors (Lipinski definition) is 7. The van der Waals surface area contributed by atoms with E-state index in [1.165, 1.54) is 23.7 Å². The first-order chi connectivity index (χ1) is 19.7. The van der Waals surface area contributed by atoms with Gasteiger partial charge in [-0.15, -0.1) is 11.3 Å². The number of aromatic nitrogens is 1. The highest BCUT2D eigenvalue weighted by molar-refractivity contribution is 7.11. The summed E-state index contributed by atoms with van der Waals surface area (Å²) in [5.74, 6) is -2.41. The number of amides is 2. The van der Waals surface area contributed by atoms with Gasteiger partial charge in [0.05, 0.1) is 35.2 Å². The molecule has 0 bridgehead atoms. The van der Waals surface area contributed by atoms with Gasteiger partial charge in [0.25, 0.3) is 5.91 Å². The van der Waals surface area contributed by atoms with Gasteiger partial charge >= 0.3 is 5.97 Å². The number of thiazole rings is 1. The molecule has 0 radical (unpaired) electrons. The molecule has 4 aromatic rings. The Morgan fingerprint density at radius 2 is 2.10 bits per heavy atom. The molecule has 3 heterocycles. The number of carbonyl (C=O) groups is 3. The number of nitrogens with one attached hydrogen (secondary N) is 1. The van der Waals surface area contributed by atoms with E-state index in [-0.39, 0.29) is 46.7 Å². The summed E-state index contributed by atoms with van der Waals surface area (Å²) in [6.45, 7) is 2.72. The van der Waals surface area contributed by atoms with Crippen LogP contribution in [0.3, 0.4) is 0 Å². The largest absolute Gasteiger partial charge is 0.481 e. The normalized spacial score (nSPS) is 16.8. The number of aryl methyl sites for hydroxylation is 1. The second kappa shape index (κ2) is 12.4. The number of halogens is 2. The van der Waals surface area contributed by atoms with Gasteiger partial charge in [0.15, 0.2) is 0 Å². The summed E-state index contributed by atoms with van der Waals surface area (Å²) in [5.41, 5.74) is 0.993. The van der Waals surface area contributed by atoms with Crippen LogP contribution in [0.2, 0.25) is 5.02 Å². The monoisotopic (exact) mass is 599 g/mol. The fourth-order valence-corrected chi connectivity index (χ4v) is 6.27. The molecule has 2 aromatic carbocycles. The Kier molecular flexibility index (Phi) is 8.67. The molecular weight excluding hydrogens is 573 g/mol. The highest BCUT2D eigenvalue weighted by atomic mass is 35.5. The lowest BCUT2D eigenvalue weighted by Gasteiger charge is -2.26.